The van der Waals surface area contributed by atoms with Gasteiger partial charge in [-0.3, -0.25) is 0 Å². The molecule has 4 heteroatoms. The maximum absolute atomic E-state index is 11.2. The highest BCUT2D eigenvalue weighted by atomic mass is 16.2. The summed E-state index contributed by atoms with van der Waals surface area (Å²) >= 11 is 0. The van der Waals surface area contributed by atoms with Crippen LogP contribution in [0.25, 0.3) is 0 Å². The van der Waals surface area contributed by atoms with Crippen LogP contribution in [0.5, 0.6) is 0 Å². The van der Waals surface area contributed by atoms with Crippen molar-refractivity contribution in [1.29, 1.82) is 0 Å². The molecule has 14 heavy (non-hydrogen) atoms. The Morgan fingerprint density at radius 1 is 1.64 bits per heavy atom. The smallest absolute Gasteiger partial charge is 0.315 e. The molecule has 2 N–H and O–H groups in total. The van der Waals surface area contributed by atoms with Crippen molar-refractivity contribution in [3.63, 3.8) is 0 Å². The molecule has 1 aliphatic carbocycles. The van der Waals surface area contributed by atoms with Gasteiger partial charge in [0.2, 0.25) is 0 Å². The first-order valence-electron chi connectivity index (χ1n) is 4.89. The summed E-state index contributed by atoms with van der Waals surface area (Å²) in [7, 11) is 1.97. The van der Waals surface area contributed by atoms with Crippen LogP contribution in [0.15, 0.2) is 18.5 Å². The van der Waals surface area contributed by atoms with Crippen LogP contribution < -0.4 is 10.6 Å². The van der Waals surface area contributed by atoms with E-state index in [1.807, 2.05) is 30.1 Å². The van der Waals surface area contributed by atoms with Gasteiger partial charge in [0.15, 0.2) is 0 Å². The molecule has 0 radical (unpaired) electrons. The number of rotatable bonds is 3. The largest absolute Gasteiger partial charge is 0.357 e. The number of carbonyl (C=O) groups is 1. The van der Waals surface area contributed by atoms with Gasteiger partial charge in [0, 0.05) is 32.0 Å². The van der Waals surface area contributed by atoms with E-state index in [2.05, 4.69) is 10.6 Å². The quantitative estimate of drug-likeness (QED) is 0.738. The highest BCUT2D eigenvalue weighted by Gasteiger charge is 2.22. The maximum atomic E-state index is 11.2. The minimum absolute atomic E-state index is 0.0589. The van der Waals surface area contributed by atoms with Crippen molar-refractivity contribution in [2.45, 2.75) is 25.4 Å². The van der Waals surface area contributed by atoms with Gasteiger partial charge < -0.3 is 15.2 Å². The van der Waals surface area contributed by atoms with E-state index in [0.29, 0.717) is 12.6 Å². The van der Waals surface area contributed by atoms with Crippen molar-refractivity contribution in [2.75, 3.05) is 0 Å². The number of hydrogen-bond acceptors (Lipinski definition) is 1. The minimum atomic E-state index is -0.0589. The Labute approximate surface area is 83.3 Å². The summed E-state index contributed by atoms with van der Waals surface area (Å²) in [6.45, 7) is 0.597. The molecule has 2 amide bonds. The van der Waals surface area contributed by atoms with Gasteiger partial charge >= 0.3 is 6.03 Å². The van der Waals surface area contributed by atoms with Crippen molar-refractivity contribution < 1.29 is 4.79 Å². The molecule has 1 fully saturated rings. The van der Waals surface area contributed by atoms with Crippen LogP contribution in [0.1, 0.15) is 18.4 Å². The third-order valence-electron chi connectivity index (χ3n) is 2.26. The fourth-order valence-corrected chi connectivity index (χ4v) is 1.31. The van der Waals surface area contributed by atoms with Gasteiger partial charge in [-0.05, 0) is 24.5 Å². The lowest BCUT2D eigenvalue weighted by Crippen LogP contribution is -2.36. The zero-order valence-electron chi connectivity index (χ0n) is 8.29. The molecule has 1 heterocycles. The molecule has 0 spiro atoms. The molecular weight excluding hydrogens is 178 g/mol. The molecular formula is C10H15N3O. The van der Waals surface area contributed by atoms with E-state index < -0.39 is 0 Å². The fourth-order valence-electron chi connectivity index (χ4n) is 1.31. The predicted molar refractivity (Wildman–Crippen MR) is 53.8 cm³/mol. The Bertz CT molecular complexity index is 328. The summed E-state index contributed by atoms with van der Waals surface area (Å²) in [6, 6.07) is 2.36. The van der Waals surface area contributed by atoms with Crippen LogP contribution in [0, 0.1) is 0 Å². The summed E-state index contributed by atoms with van der Waals surface area (Å²) in [5.74, 6) is 0. The first kappa shape index (κ1) is 9.12. The molecule has 1 aromatic rings. The van der Waals surface area contributed by atoms with Gasteiger partial charge in [-0.25, -0.2) is 4.79 Å². The van der Waals surface area contributed by atoms with Gasteiger partial charge in [-0.15, -0.1) is 0 Å². The second-order valence-corrected chi connectivity index (χ2v) is 3.79. The third kappa shape index (κ3) is 2.52. The standard InChI is InChI=1S/C10H15N3O/c1-13-5-4-8(7-13)6-11-10(14)12-9-2-3-9/h4-5,7,9H,2-3,6H2,1H3,(H2,11,12,14). The minimum Gasteiger partial charge on any atom is -0.357 e. The molecule has 0 aliphatic heterocycles. The summed E-state index contributed by atoms with van der Waals surface area (Å²) in [5.41, 5.74) is 1.12. The molecule has 1 aliphatic rings. The molecule has 4 nitrogen and oxygen atoms in total. The van der Waals surface area contributed by atoms with E-state index in [-0.39, 0.29) is 6.03 Å². The average molecular weight is 193 g/mol. The summed E-state index contributed by atoms with van der Waals surface area (Å²) in [4.78, 5) is 11.2. The first-order chi connectivity index (χ1) is 6.74. The van der Waals surface area contributed by atoms with E-state index in [4.69, 9.17) is 0 Å². The number of amides is 2. The Balaban J connectivity index is 1.73. The zero-order chi connectivity index (χ0) is 9.97. The van der Waals surface area contributed by atoms with Crippen LogP contribution in [-0.4, -0.2) is 16.6 Å². The van der Waals surface area contributed by atoms with Crippen molar-refractivity contribution in [1.82, 2.24) is 15.2 Å². The number of aromatic nitrogens is 1. The number of urea groups is 1. The Hall–Kier alpha value is -1.45. The van der Waals surface area contributed by atoms with Crippen molar-refractivity contribution in [3.05, 3.63) is 24.0 Å². The lowest BCUT2D eigenvalue weighted by atomic mass is 10.3. The normalized spacial score (nSPS) is 15.2. The Morgan fingerprint density at radius 3 is 3.00 bits per heavy atom. The molecule has 0 saturated heterocycles. The van der Waals surface area contributed by atoms with Gasteiger partial charge in [-0.2, -0.15) is 0 Å². The van der Waals surface area contributed by atoms with Crippen LogP contribution >= 0.6 is 0 Å². The van der Waals surface area contributed by atoms with Gasteiger partial charge in [0.05, 0.1) is 0 Å². The Morgan fingerprint density at radius 2 is 2.43 bits per heavy atom. The summed E-state index contributed by atoms with van der Waals surface area (Å²) < 4.78 is 1.97. The van der Waals surface area contributed by atoms with Crippen molar-refractivity contribution >= 4 is 6.03 Å². The number of hydrogen-bond donors (Lipinski definition) is 2. The SMILES string of the molecule is Cn1ccc(CNC(=O)NC2CC2)c1. The highest BCUT2D eigenvalue weighted by molar-refractivity contribution is 5.74. The fraction of sp³-hybridized carbons (Fsp3) is 0.500. The predicted octanol–water partition coefficient (Wildman–Crippen LogP) is 0.987. The number of carbonyl (C=O) groups excluding carboxylic acids is 1. The molecule has 2 rings (SSSR count). The van der Waals surface area contributed by atoms with E-state index in [9.17, 15) is 4.79 Å². The third-order valence-corrected chi connectivity index (χ3v) is 2.26. The molecule has 0 atom stereocenters. The van der Waals surface area contributed by atoms with Crippen molar-refractivity contribution in [2.24, 2.45) is 7.05 Å². The molecule has 0 aromatic carbocycles. The molecule has 1 aromatic heterocycles. The summed E-state index contributed by atoms with van der Waals surface area (Å²) in [6.07, 6.45) is 6.21. The highest BCUT2D eigenvalue weighted by Crippen LogP contribution is 2.18. The topological polar surface area (TPSA) is 46.1 Å². The lowest BCUT2D eigenvalue weighted by molar-refractivity contribution is 0.240. The monoisotopic (exact) mass is 193 g/mol. The molecule has 0 bridgehead atoms. The van der Waals surface area contributed by atoms with Gasteiger partial charge in [0.25, 0.3) is 0 Å². The first-order valence-corrected chi connectivity index (χ1v) is 4.89. The van der Waals surface area contributed by atoms with Crippen LogP contribution in [0.4, 0.5) is 4.79 Å². The number of nitrogens with zero attached hydrogens (tertiary/aromatic N) is 1. The maximum Gasteiger partial charge on any atom is 0.315 e. The number of aryl methyl sites for hydroxylation is 1. The van der Waals surface area contributed by atoms with E-state index in [1.54, 1.807) is 0 Å². The zero-order valence-corrected chi connectivity index (χ0v) is 8.29. The van der Waals surface area contributed by atoms with Crippen LogP contribution in [0.3, 0.4) is 0 Å². The van der Waals surface area contributed by atoms with E-state index >= 15 is 0 Å². The van der Waals surface area contributed by atoms with E-state index in [1.165, 1.54) is 0 Å². The van der Waals surface area contributed by atoms with Gasteiger partial charge in [-0.1, -0.05) is 0 Å². The van der Waals surface area contributed by atoms with Crippen LogP contribution in [0.2, 0.25) is 0 Å². The molecule has 1 saturated carbocycles. The second kappa shape index (κ2) is 3.74. The second-order valence-electron chi connectivity index (χ2n) is 3.79. The average Bonchev–Trinajstić information content (AvgIpc) is 2.85. The van der Waals surface area contributed by atoms with Crippen LogP contribution in [-0.2, 0) is 13.6 Å². The lowest BCUT2D eigenvalue weighted by Gasteiger charge is -2.04. The van der Waals surface area contributed by atoms with Crippen molar-refractivity contribution in [3.8, 4) is 0 Å². The molecule has 76 valence electrons. The number of nitrogens with one attached hydrogen (secondary N) is 2. The Kier molecular flexibility index (Phi) is 2.43. The summed E-state index contributed by atoms with van der Waals surface area (Å²) in [5, 5.41) is 5.69. The van der Waals surface area contributed by atoms with E-state index in [0.717, 1.165) is 18.4 Å². The van der Waals surface area contributed by atoms with Gasteiger partial charge in [0.1, 0.15) is 0 Å². The molecule has 0 unspecified atom stereocenters.